The highest BCUT2D eigenvalue weighted by Gasteiger charge is 2.20. The van der Waals surface area contributed by atoms with Gasteiger partial charge in [0.15, 0.2) is 0 Å². The van der Waals surface area contributed by atoms with Gasteiger partial charge in [-0.15, -0.1) is 0 Å². The Balaban J connectivity index is 2.33. The fourth-order valence-electron chi connectivity index (χ4n) is 1.79. The Morgan fingerprint density at radius 2 is 2.05 bits per heavy atom. The van der Waals surface area contributed by atoms with Crippen molar-refractivity contribution < 1.29 is 9.72 Å². The molecule has 0 saturated carbocycles. The summed E-state index contributed by atoms with van der Waals surface area (Å²) in [6.07, 6.45) is 0. The van der Waals surface area contributed by atoms with Crippen LogP contribution in [0.5, 0.6) is 0 Å². The number of nitro groups is 1. The second-order valence-corrected chi connectivity index (χ2v) is 5.93. The van der Waals surface area contributed by atoms with E-state index in [2.05, 4.69) is 27.9 Å². The van der Waals surface area contributed by atoms with Gasteiger partial charge in [0.25, 0.3) is 11.6 Å². The lowest BCUT2D eigenvalue weighted by Crippen LogP contribution is -2.13. The van der Waals surface area contributed by atoms with Gasteiger partial charge in [0.2, 0.25) is 0 Å². The minimum Gasteiger partial charge on any atom is -0.322 e. The minimum absolute atomic E-state index is 0.0730. The zero-order valence-corrected chi connectivity index (χ0v) is 13.8. The number of benzene rings is 2. The van der Waals surface area contributed by atoms with Crippen molar-refractivity contribution in [2.75, 3.05) is 5.32 Å². The SMILES string of the molecule is Cc1cc(I)ccc1NC(=O)c1cccc([N+](=O)[O-])c1Cl. The van der Waals surface area contributed by atoms with Crippen molar-refractivity contribution in [3.05, 3.63) is 66.2 Å². The van der Waals surface area contributed by atoms with Gasteiger partial charge in [0.1, 0.15) is 5.02 Å². The van der Waals surface area contributed by atoms with Crippen LogP contribution in [-0.2, 0) is 0 Å². The van der Waals surface area contributed by atoms with Gasteiger partial charge in [0, 0.05) is 15.3 Å². The monoisotopic (exact) mass is 416 g/mol. The molecule has 0 aromatic heterocycles. The topological polar surface area (TPSA) is 72.2 Å². The van der Waals surface area contributed by atoms with Gasteiger partial charge in [0.05, 0.1) is 10.5 Å². The Labute approximate surface area is 139 Å². The van der Waals surface area contributed by atoms with Gasteiger partial charge in [-0.3, -0.25) is 14.9 Å². The van der Waals surface area contributed by atoms with Gasteiger partial charge in [-0.25, -0.2) is 0 Å². The number of halogens is 2. The summed E-state index contributed by atoms with van der Waals surface area (Å²) < 4.78 is 1.05. The number of amides is 1. The molecule has 0 bridgehead atoms. The average Bonchev–Trinajstić information content (AvgIpc) is 2.41. The Bertz CT molecular complexity index is 734. The van der Waals surface area contributed by atoms with E-state index in [4.69, 9.17) is 11.6 Å². The Hall–Kier alpha value is -1.67. The number of aryl methyl sites for hydroxylation is 1. The zero-order valence-electron chi connectivity index (χ0n) is 10.9. The van der Waals surface area contributed by atoms with Crippen LogP contribution in [0.2, 0.25) is 5.02 Å². The third-order valence-corrected chi connectivity index (χ3v) is 3.92. The second kappa shape index (κ2) is 6.40. The van der Waals surface area contributed by atoms with Crippen molar-refractivity contribution in [1.29, 1.82) is 0 Å². The molecule has 21 heavy (non-hydrogen) atoms. The molecule has 2 aromatic rings. The molecule has 1 amide bonds. The van der Waals surface area contributed by atoms with Crippen molar-refractivity contribution in [3.63, 3.8) is 0 Å². The first-order valence-corrected chi connectivity index (χ1v) is 7.36. The smallest absolute Gasteiger partial charge is 0.288 e. The fraction of sp³-hybridized carbons (Fsp3) is 0.0714. The summed E-state index contributed by atoms with van der Waals surface area (Å²) in [4.78, 5) is 22.4. The van der Waals surface area contributed by atoms with Gasteiger partial charge < -0.3 is 5.32 Å². The van der Waals surface area contributed by atoms with Gasteiger partial charge in [-0.1, -0.05) is 17.7 Å². The molecule has 1 N–H and O–H groups in total. The van der Waals surface area contributed by atoms with E-state index >= 15 is 0 Å². The molecule has 0 heterocycles. The summed E-state index contributed by atoms with van der Waals surface area (Å²) in [7, 11) is 0. The predicted octanol–water partition coefficient (Wildman–Crippen LogP) is 4.41. The Kier molecular flexibility index (Phi) is 4.79. The predicted molar refractivity (Wildman–Crippen MR) is 90.0 cm³/mol. The summed E-state index contributed by atoms with van der Waals surface area (Å²) in [5, 5.41) is 13.4. The number of nitrogens with zero attached hydrogens (tertiary/aromatic N) is 1. The molecule has 0 fully saturated rings. The van der Waals surface area contributed by atoms with Crippen LogP contribution in [-0.4, -0.2) is 10.8 Å². The number of hydrogen-bond donors (Lipinski definition) is 1. The van der Waals surface area contributed by atoms with E-state index in [-0.39, 0.29) is 16.3 Å². The van der Waals surface area contributed by atoms with Crippen molar-refractivity contribution in [1.82, 2.24) is 0 Å². The Morgan fingerprint density at radius 3 is 2.67 bits per heavy atom. The molecule has 0 unspecified atom stereocenters. The van der Waals surface area contributed by atoms with E-state index in [1.165, 1.54) is 18.2 Å². The van der Waals surface area contributed by atoms with Crippen LogP contribution < -0.4 is 5.32 Å². The highest BCUT2D eigenvalue weighted by molar-refractivity contribution is 14.1. The Morgan fingerprint density at radius 1 is 1.33 bits per heavy atom. The summed E-state index contributed by atoms with van der Waals surface area (Å²) in [6, 6.07) is 9.70. The second-order valence-electron chi connectivity index (χ2n) is 4.31. The molecule has 0 spiro atoms. The number of rotatable bonds is 3. The maximum atomic E-state index is 12.2. The van der Waals surface area contributed by atoms with Gasteiger partial charge >= 0.3 is 0 Å². The van der Waals surface area contributed by atoms with E-state index in [0.717, 1.165) is 9.13 Å². The van der Waals surface area contributed by atoms with Gasteiger partial charge in [-0.05, 0) is 59.3 Å². The van der Waals surface area contributed by atoms with Crippen LogP contribution >= 0.6 is 34.2 Å². The van der Waals surface area contributed by atoms with Crippen LogP contribution in [0.1, 0.15) is 15.9 Å². The van der Waals surface area contributed by atoms with Crippen LogP contribution in [0.4, 0.5) is 11.4 Å². The molecule has 0 aliphatic heterocycles. The highest BCUT2D eigenvalue weighted by atomic mass is 127. The fourth-order valence-corrected chi connectivity index (χ4v) is 2.72. The quantitative estimate of drug-likeness (QED) is 0.457. The summed E-state index contributed by atoms with van der Waals surface area (Å²) in [5.41, 5.74) is 1.33. The van der Waals surface area contributed by atoms with Crippen molar-refractivity contribution in [3.8, 4) is 0 Å². The summed E-state index contributed by atoms with van der Waals surface area (Å²) >= 11 is 8.10. The number of nitro benzene ring substituents is 1. The summed E-state index contributed by atoms with van der Waals surface area (Å²) in [5.74, 6) is -0.479. The first-order chi connectivity index (χ1) is 9.90. The van der Waals surface area contributed by atoms with Crippen molar-refractivity contribution >= 4 is 51.5 Å². The molecule has 0 atom stereocenters. The maximum absolute atomic E-state index is 12.2. The van der Waals surface area contributed by atoms with Crippen molar-refractivity contribution in [2.45, 2.75) is 6.92 Å². The number of nitrogens with one attached hydrogen (secondary N) is 1. The normalized spacial score (nSPS) is 10.2. The number of anilines is 1. The molecule has 5 nitrogen and oxygen atoms in total. The van der Waals surface area contributed by atoms with E-state index in [9.17, 15) is 14.9 Å². The molecule has 2 rings (SSSR count). The lowest BCUT2D eigenvalue weighted by molar-refractivity contribution is -0.384. The van der Waals surface area contributed by atoms with Gasteiger partial charge in [-0.2, -0.15) is 0 Å². The molecule has 2 aromatic carbocycles. The maximum Gasteiger partial charge on any atom is 0.288 e. The standard InChI is InChI=1S/C14H10ClIN2O3/c1-8-7-9(16)5-6-11(8)17-14(19)10-3-2-4-12(13(10)15)18(20)21/h2-7H,1H3,(H,17,19). The van der Waals surface area contributed by atoms with E-state index in [1.54, 1.807) is 6.07 Å². The minimum atomic E-state index is -0.616. The molecule has 0 aliphatic carbocycles. The third-order valence-electron chi connectivity index (χ3n) is 2.86. The number of hydrogen-bond acceptors (Lipinski definition) is 3. The van der Waals surface area contributed by atoms with Crippen LogP contribution in [0.3, 0.4) is 0 Å². The van der Waals surface area contributed by atoms with Crippen LogP contribution in [0.15, 0.2) is 36.4 Å². The third kappa shape index (κ3) is 3.51. The highest BCUT2D eigenvalue weighted by Crippen LogP contribution is 2.28. The first-order valence-electron chi connectivity index (χ1n) is 5.90. The lowest BCUT2D eigenvalue weighted by atomic mass is 10.1. The molecule has 0 aliphatic rings. The van der Waals surface area contributed by atoms with E-state index < -0.39 is 10.8 Å². The molecule has 0 saturated heterocycles. The van der Waals surface area contributed by atoms with Crippen LogP contribution in [0, 0.1) is 20.6 Å². The largest absolute Gasteiger partial charge is 0.322 e. The van der Waals surface area contributed by atoms with E-state index in [0.29, 0.717) is 5.69 Å². The number of carbonyl (C=O) groups excluding carboxylic acids is 1. The van der Waals surface area contributed by atoms with Crippen LogP contribution in [0.25, 0.3) is 0 Å². The lowest BCUT2D eigenvalue weighted by Gasteiger charge is -2.09. The molecule has 7 heteroatoms. The van der Waals surface area contributed by atoms with E-state index in [1.807, 2.05) is 19.1 Å². The molecule has 108 valence electrons. The molecule has 0 radical (unpaired) electrons. The van der Waals surface area contributed by atoms with Crippen molar-refractivity contribution in [2.24, 2.45) is 0 Å². The molecular weight excluding hydrogens is 407 g/mol. The number of carbonyl (C=O) groups is 1. The average molecular weight is 417 g/mol. The molecular formula is C14H10ClIN2O3. The summed E-state index contributed by atoms with van der Waals surface area (Å²) in [6.45, 7) is 1.87. The first kappa shape index (κ1) is 15.7. The zero-order chi connectivity index (χ0) is 15.6.